The average molecular weight is 269 g/mol. The molecule has 0 amide bonds. The number of hydrogen-bond donors (Lipinski definition) is 1. The number of hydrogen-bond acceptors (Lipinski definition) is 3. The lowest BCUT2D eigenvalue weighted by molar-refractivity contribution is -0.216. The lowest BCUT2D eigenvalue weighted by Gasteiger charge is -2.51. The molecule has 2 atom stereocenters. The first-order valence-corrected chi connectivity index (χ1v) is 6.18. The van der Waals surface area contributed by atoms with Gasteiger partial charge in [-0.3, -0.25) is 4.84 Å². The highest BCUT2D eigenvalue weighted by Crippen LogP contribution is 2.43. The van der Waals surface area contributed by atoms with E-state index in [1.54, 1.807) is 0 Å². The second-order valence-electron chi connectivity index (χ2n) is 5.85. The van der Waals surface area contributed by atoms with Crippen LogP contribution in [0.5, 0.6) is 0 Å². The van der Waals surface area contributed by atoms with Crippen LogP contribution in [0.1, 0.15) is 34.1 Å². The zero-order valence-electron chi connectivity index (χ0n) is 11.3. The Labute approximate surface area is 106 Å². The Morgan fingerprint density at radius 1 is 1.33 bits per heavy atom. The predicted molar refractivity (Wildman–Crippen MR) is 61.9 cm³/mol. The lowest BCUT2D eigenvalue weighted by atomic mass is 9.65. The number of alkyl halides is 3. The van der Waals surface area contributed by atoms with Crippen LogP contribution in [0.2, 0.25) is 0 Å². The van der Waals surface area contributed by atoms with Crippen LogP contribution in [-0.2, 0) is 9.57 Å². The molecule has 0 heterocycles. The molecule has 1 N–H and O–H groups in total. The molecule has 0 radical (unpaired) electrons. The van der Waals surface area contributed by atoms with Crippen molar-refractivity contribution in [1.29, 1.82) is 0 Å². The van der Waals surface area contributed by atoms with Crippen LogP contribution in [0.3, 0.4) is 0 Å². The Morgan fingerprint density at radius 3 is 2.39 bits per heavy atom. The molecule has 1 aliphatic rings. The minimum Gasteiger partial charge on any atom is -0.377 e. The van der Waals surface area contributed by atoms with E-state index in [0.29, 0.717) is 18.9 Å². The Hall–Kier alpha value is -0.330. The highest BCUT2D eigenvalue weighted by molar-refractivity contribution is 5.01. The molecule has 0 bridgehead atoms. The molecule has 0 spiro atoms. The maximum atomic E-state index is 11.9. The number of halogens is 3. The SMILES string of the molecule is CC(C)COC1CC(NOCC(F)(F)F)C1(C)C. The zero-order chi connectivity index (χ0) is 14.0. The fraction of sp³-hybridized carbons (Fsp3) is 1.00. The topological polar surface area (TPSA) is 30.5 Å². The van der Waals surface area contributed by atoms with Crippen molar-refractivity contribution in [3.05, 3.63) is 0 Å². The van der Waals surface area contributed by atoms with Crippen molar-refractivity contribution in [2.45, 2.75) is 52.4 Å². The molecule has 0 aliphatic heterocycles. The first-order valence-electron chi connectivity index (χ1n) is 6.18. The fourth-order valence-electron chi connectivity index (χ4n) is 1.90. The van der Waals surface area contributed by atoms with Gasteiger partial charge < -0.3 is 4.74 Å². The molecular weight excluding hydrogens is 247 g/mol. The van der Waals surface area contributed by atoms with Crippen LogP contribution >= 0.6 is 0 Å². The van der Waals surface area contributed by atoms with Gasteiger partial charge >= 0.3 is 6.18 Å². The third-order valence-corrected chi connectivity index (χ3v) is 3.27. The molecule has 3 nitrogen and oxygen atoms in total. The smallest absolute Gasteiger partial charge is 0.377 e. The van der Waals surface area contributed by atoms with Gasteiger partial charge in [-0.1, -0.05) is 27.7 Å². The molecule has 1 saturated carbocycles. The molecule has 2 unspecified atom stereocenters. The van der Waals surface area contributed by atoms with E-state index in [0.717, 1.165) is 0 Å². The molecule has 0 aromatic rings. The van der Waals surface area contributed by atoms with Crippen LogP contribution in [0.4, 0.5) is 13.2 Å². The number of rotatable bonds is 6. The molecule has 0 aromatic carbocycles. The van der Waals surface area contributed by atoms with E-state index in [1.165, 1.54) is 0 Å². The number of hydroxylamine groups is 1. The Kier molecular flexibility index (Phi) is 5.03. The highest BCUT2D eigenvalue weighted by Gasteiger charge is 2.49. The molecule has 1 fully saturated rings. The number of nitrogens with one attached hydrogen (secondary N) is 1. The molecule has 1 aliphatic carbocycles. The molecule has 108 valence electrons. The average Bonchev–Trinajstić information content (AvgIpc) is 2.19. The van der Waals surface area contributed by atoms with Gasteiger partial charge in [0.1, 0.15) is 0 Å². The summed E-state index contributed by atoms with van der Waals surface area (Å²) >= 11 is 0. The third-order valence-electron chi connectivity index (χ3n) is 3.27. The van der Waals surface area contributed by atoms with Gasteiger partial charge in [0.25, 0.3) is 0 Å². The highest BCUT2D eigenvalue weighted by atomic mass is 19.4. The van der Waals surface area contributed by atoms with Crippen molar-refractivity contribution >= 4 is 0 Å². The normalized spacial score (nSPS) is 27.3. The van der Waals surface area contributed by atoms with Crippen LogP contribution in [-0.4, -0.2) is 31.5 Å². The molecule has 0 aromatic heterocycles. The lowest BCUT2D eigenvalue weighted by Crippen LogP contribution is -2.61. The monoisotopic (exact) mass is 269 g/mol. The zero-order valence-corrected chi connectivity index (χ0v) is 11.3. The Bertz CT molecular complexity index is 267. The maximum Gasteiger partial charge on any atom is 0.413 e. The first-order chi connectivity index (χ1) is 8.13. The van der Waals surface area contributed by atoms with E-state index in [9.17, 15) is 13.2 Å². The maximum absolute atomic E-state index is 11.9. The van der Waals surface area contributed by atoms with E-state index in [4.69, 9.17) is 4.74 Å². The van der Waals surface area contributed by atoms with Crippen LogP contribution in [0, 0.1) is 11.3 Å². The number of ether oxygens (including phenoxy) is 1. The van der Waals surface area contributed by atoms with E-state index < -0.39 is 12.8 Å². The molecule has 6 heteroatoms. The summed E-state index contributed by atoms with van der Waals surface area (Å²) in [5.74, 6) is 0.453. The molecule has 18 heavy (non-hydrogen) atoms. The van der Waals surface area contributed by atoms with Gasteiger partial charge in [-0.15, -0.1) is 0 Å². The summed E-state index contributed by atoms with van der Waals surface area (Å²) in [5.41, 5.74) is 2.28. The summed E-state index contributed by atoms with van der Waals surface area (Å²) in [7, 11) is 0. The van der Waals surface area contributed by atoms with E-state index >= 15 is 0 Å². The second kappa shape index (κ2) is 5.75. The van der Waals surface area contributed by atoms with Crippen LogP contribution in [0.15, 0.2) is 0 Å². The van der Waals surface area contributed by atoms with E-state index in [2.05, 4.69) is 24.2 Å². The second-order valence-corrected chi connectivity index (χ2v) is 5.85. The van der Waals surface area contributed by atoms with Gasteiger partial charge in [-0.2, -0.15) is 18.7 Å². The summed E-state index contributed by atoms with van der Waals surface area (Å²) in [5, 5.41) is 0. The fourth-order valence-corrected chi connectivity index (χ4v) is 1.90. The third kappa shape index (κ3) is 4.40. The minimum atomic E-state index is -4.30. The summed E-state index contributed by atoms with van der Waals surface area (Å²) in [6.07, 6.45) is -3.54. The van der Waals surface area contributed by atoms with Gasteiger partial charge in [-0.25, -0.2) is 0 Å². The van der Waals surface area contributed by atoms with Crippen LogP contribution in [0.25, 0.3) is 0 Å². The standard InChI is InChI=1S/C12H22F3NO2/c1-8(2)6-17-10-5-9(11(10,3)4)16-18-7-12(13,14)15/h8-10,16H,5-7H2,1-4H3. The van der Waals surface area contributed by atoms with Crippen molar-refractivity contribution < 1.29 is 22.7 Å². The predicted octanol–water partition coefficient (Wildman–Crippen LogP) is 2.91. The van der Waals surface area contributed by atoms with E-state index in [1.807, 2.05) is 13.8 Å². The summed E-state index contributed by atoms with van der Waals surface area (Å²) in [4.78, 5) is 4.48. The molecular formula is C12H22F3NO2. The molecule has 0 saturated heterocycles. The van der Waals surface area contributed by atoms with Gasteiger partial charge in [0.2, 0.25) is 0 Å². The Balaban J connectivity index is 2.26. The molecule has 1 rings (SSSR count). The van der Waals surface area contributed by atoms with Crippen molar-refractivity contribution in [1.82, 2.24) is 5.48 Å². The van der Waals surface area contributed by atoms with E-state index in [-0.39, 0.29) is 17.6 Å². The quantitative estimate of drug-likeness (QED) is 0.752. The van der Waals surface area contributed by atoms with Crippen LogP contribution < -0.4 is 5.48 Å². The van der Waals surface area contributed by atoms with Gasteiger partial charge in [0.05, 0.1) is 6.10 Å². The largest absolute Gasteiger partial charge is 0.413 e. The first kappa shape index (κ1) is 15.7. The Morgan fingerprint density at radius 2 is 1.94 bits per heavy atom. The summed E-state index contributed by atoms with van der Waals surface area (Å²) in [6, 6.07) is -0.1000. The summed E-state index contributed by atoms with van der Waals surface area (Å²) in [6.45, 7) is 7.47. The van der Waals surface area contributed by atoms with Crippen molar-refractivity contribution in [3.8, 4) is 0 Å². The minimum absolute atomic E-state index is 0.0758. The van der Waals surface area contributed by atoms with Crippen molar-refractivity contribution in [2.24, 2.45) is 11.3 Å². The van der Waals surface area contributed by atoms with Crippen molar-refractivity contribution in [3.63, 3.8) is 0 Å². The summed E-state index contributed by atoms with van der Waals surface area (Å²) < 4.78 is 41.5. The van der Waals surface area contributed by atoms with Gasteiger partial charge in [0.15, 0.2) is 6.61 Å². The van der Waals surface area contributed by atoms with Gasteiger partial charge in [0, 0.05) is 18.1 Å². The van der Waals surface area contributed by atoms with Gasteiger partial charge in [-0.05, 0) is 12.3 Å². The van der Waals surface area contributed by atoms with Crippen molar-refractivity contribution in [2.75, 3.05) is 13.2 Å².